The van der Waals surface area contributed by atoms with Crippen molar-refractivity contribution in [2.45, 2.75) is 27.7 Å². The number of anilines is 2. The maximum absolute atomic E-state index is 12.3. The van der Waals surface area contributed by atoms with E-state index in [1.807, 2.05) is 0 Å². The summed E-state index contributed by atoms with van der Waals surface area (Å²) in [6.07, 6.45) is 2.64. The Morgan fingerprint density at radius 1 is 0.711 bits per heavy atom. The molecule has 38 heavy (non-hydrogen) atoms. The van der Waals surface area contributed by atoms with Gasteiger partial charge in [0.05, 0.1) is 11.4 Å². The van der Waals surface area contributed by atoms with Gasteiger partial charge in [0, 0.05) is 44.8 Å². The summed E-state index contributed by atoms with van der Waals surface area (Å²) in [6.45, 7) is 13.0. The van der Waals surface area contributed by atoms with E-state index in [0.29, 0.717) is 16.9 Å². The lowest BCUT2D eigenvalue weighted by atomic mass is 9.98. The Morgan fingerprint density at radius 3 is 1.71 bits per heavy atom. The molecule has 0 aliphatic carbocycles. The van der Waals surface area contributed by atoms with E-state index in [1.165, 1.54) is 45.1 Å². The molecule has 196 valence electrons. The standard InChI is InChI=1S/C28H28N4O6/c1-15(2)25(33)29-19-7-9-20(10-8-19)31-32-24-12-11-23(30-26(34)16(3)4)21(13-17(5)27(35)36)22(24)14-18(6)28(37)38/h7-14H,1,3H2,2,4-6H3,(H,29,33)(H,30,34)(H,35,36)(H,37,38). The van der Waals surface area contributed by atoms with Crippen molar-refractivity contribution in [1.29, 1.82) is 0 Å². The van der Waals surface area contributed by atoms with Gasteiger partial charge in [0.15, 0.2) is 0 Å². The molecular weight excluding hydrogens is 488 g/mol. The molecule has 0 heterocycles. The van der Waals surface area contributed by atoms with Gasteiger partial charge in [-0.05, 0) is 76.2 Å². The highest BCUT2D eigenvalue weighted by Gasteiger charge is 2.16. The summed E-state index contributed by atoms with van der Waals surface area (Å²) in [5, 5.41) is 32.7. The lowest BCUT2D eigenvalue weighted by Gasteiger charge is -2.14. The maximum Gasteiger partial charge on any atom is 0.331 e. The number of nitrogens with zero attached hydrogens (tertiary/aromatic N) is 2. The summed E-state index contributed by atoms with van der Waals surface area (Å²) in [5.41, 5.74) is 2.37. The summed E-state index contributed by atoms with van der Waals surface area (Å²) in [7, 11) is 0. The van der Waals surface area contributed by atoms with Crippen molar-refractivity contribution in [3.05, 3.63) is 83.0 Å². The maximum atomic E-state index is 12.3. The molecule has 0 atom stereocenters. The van der Waals surface area contributed by atoms with Gasteiger partial charge in [-0.25, -0.2) is 9.59 Å². The third-order valence-corrected chi connectivity index (χ3v) is 5.08. The number of amides is 2. The minimum Gasteiger partial charge on any atom is -0.478 e. The predicted octanol–water partition coefficient (Wildman–Crippen LogP) is 6.11. The number of carboxylic acid groups (broad SMARTS) is 2. The fraction of sp³-hybridized carbons (Fsp3) is 0.143. The Morgan fingerprint density at radius 2 is 1.21 bits per heavy atom. The van der Waals surface area contributed by atoms with Crippen molar-refractivity contribution in [3.8, 4) is 0 Å². The van der Waals surface area contributed by atoms with Crippen molar-refractivity contribution in [3.63, 3.8) is 0 Å². The van der Waals surface area contributed by atoms with Crippen LogP contribution in [0.4, 0.5) is 22.7 Å². The van der Waals surface area contributed by atoms with Crippen molar-refractivity contribution >= 4 is 58.7 Å². The molecule has 2 amide bonds. The minimum atomic E-state index is -1.20. The van der Waals surface area contributed by atoms with Gasteiger partial charge in [0.25, 0.3) is 11.8 Å². The van der Waals surface area contributed by atoms with Crippen LogP contribution in [0.3, 0.4) is 0 Å². The number of hydrogen-bond donors (Lipinski definition) is 4. The van der Waals surface area contributed by atoms with Gasteiger partial charge in [-0.2, -0.15) is 5.11 Å². The van der Waals surface area contributed by atoms with Gasteiger partial charge in [-0.1, -0.05) is 13.2 Å². The average molecular weight is 517 g/mol. The van der Waals surface area contributed by atoms with E-state index >= 15 is 0 Å². The topological polar surface area (TPSA) is 158 Å². The number of carbonyl (C=O) groups is 4. The van der Waals surface area contributed by atoms with Crippen molar-refractivity contribution in [1.82, 2.24) is 0 Å². The highest BCUT2D eigenvalue weighted by atomic mass is 16.4. The molecule has 2 aromatic rings. The zero-order valence-electron chi connectivity index (χ0n) is 21.5. The lowest BCUT2D eigenvalue weighted by Crippen LogP contribution is -2.13. The Bertz CT molecular complexity index is 1420. The highest BCUT2D eigenvalue weighted by molar-refractivity contribution is 6.06. The van der Waals surface area contributed by atoms with Crippen LogP contribution in [0, 0.1) is 0 Å². The zero-order valence-corrected chi connectivity index (χ0v) is 21.5. The number of azo groups is 1. The second-order valence-electron chi connectivity index (χ2n) is 8.44. The molecule has 10 nitrogen and oxygen atoms in total. The van der Waals surface area contributed by atoms with E-state index < -0.39 is 17.8 Å². The van der Waals surface area contributed by atoms with Crippen molar-refractivity contribution in [2.24, 2.45) is 10.2 Å². The van der Waals surface area contributed by atoms with Crippen LogP contribution >= 0.6 is 0 Å². The molecule has 0 aliphatic rings. The minimum absolute atomic E-state index is 0.0509. The molecule has 0 spiro atoms. The molecule has 0 bridgehead atoms. The van der Waals surface area contributed by atoms with Crippen LogP contribution in [0.1, 0.15) is 38.8 Å². The first-order valence-corrected chi connectivity index (χ1v) is 11.3. The number of benzene rings is 2. The van der Waals surface area contributed by atoms with Crippen LogP contribution in [0.2, 0.25) is 0 Å². The first kappa shape index (κ1) is 29.1. The van der Waals surface area contributed by atoms with Crippen molar-refractivity contribution in [2.75, 3.05) is 10.6 Å². The Labute approximate surface area is 219 Å². The second kappa shape index (κ2) is 12.7. The smallest absolute Gasteiger partial charge is 0.331 e. The Kier molecular flexibility index (Phi) is 9.75. The second-order valence-corrected chi connectivity index (χ2v) is 8.44. The summed E-state index contributed by atoms with van der Waals surface area (Å²) >= 11 is 0. The van der Waals surface area contributed by atoms with Crippen LogP contribution in [0.15, 0.2) is 82.1 Å². The van der Waals surface area contributed by atoms with Gasteiger partial charge in [-0.15, -0.1) is 5.11 Å². The molecule has 0 aromatic heterocycles. The number of rotatable bonds is 10. The molecule has 10 heteroatoms. The third-order valence-electron chi connectivity index (χ3n) is 5.08. The Balaban J connectivity index is 2.66. The van der Waals surface area contributed by atoms with Crippen LogP contribution in [0.25, 0.3) is 12.2 Å². The summed E-state index contributed by atoms with van der Waals surface area (Å²) in [4.78, 5) is 47.3. The normalized spacial score (nSPS) is 11.7. The van der Waals surface area contributed by atoms with Gasteiger partial charge in [0.2, 0.25) is 0 Å². The van der Waals surface area contributed by atoms with E-state index in [-0.39, 0.29) is 45.1 Å². The highest BCUT2D eigenvalue weighted by Crippen LogP contribution is 2.35. The molecule has 0 radical (unpaired) electrons. The largest absolute Gasteiger partial charge is 0.478 e. The molecule has 2 rings (SSSR count). The predicted molar refractivity (Wildman–Crippen MR) is 147 cm³/mol. The van der Waals surface area contributed by atoms with Crippen LogP contribution in [-0.4, -0.2) is 34.0 Å². The van der Waals surface area contributed by atoms with Crippen LogP contribution in [0.5, 0.6) is 0 Å². The molecule has 0 aliphatic heterocycles. The van der Waals surface area contributed by atoms with E-state index in [2.05, 4.69) is 34.0 Å². The van der Waals surface area contributed by atoms with Gasteiger partial charge < -0.3 is 20.8 Å². The van der Waals surface area contributed by atoms with Crippen LogP contribution in [-0.2, 0) is 19.2 Å². The molecule has 2 aromatic carbocycles. The fourth-order valence-corrected chi connectivity index (χ4v) is 2.87. The molecular formula is C28H28N4O6. The SMILES string of the molecule is C=C(C)C(=O)Nc1ccc(N=Nc2ccc(NC(=O)C(=C)C)c(C=C(C)C(=O)O)c2C=C(C)C(=O)O)cc1. The quantitative estimate of drug-likeness (QED) is 0.220. The van der Waals surface area contributed by atoms with E-state index in [4.69, 9.17) is 0 Å². The van der Waals surface area contributed by atoms with Gasteiger partial charge in [-0.3, -0.25) is 9.59 Å². The van der Waals surface area contributed by atoms with E-state index in [9.17, 15) is 29.4 Å². The summed E-state index contributed by atoms with van der Waals surface area (Å²) in [5.74, 6) is -3.20. The number of nitrogens with one attached hydrogen (secondary N) is 2. The third kappa shape index (κ3) is 7.95. The number of aliphatic carboxylic acids is 2. The first-order valence-electron chi connectivity index (χ1n) is 11.3. The molecule has 0 saturated heterocycles. The monoisotopic (exact) mass is 516 g/mol. The average Bonchev–Trinajstić information content (AvgIpc) is 2.85. The van der Waals surface area contributed by atoms with E-state index in [0.717, 1.165) is 0 Å². The number of hydrogen-bond acceptors (Lipinski definition) is 6. The zero-order chi connectivity index (χ0) is 28.6. The molecule has 0 fully saturated rings. The lowest BCUT2D eigenvalue weighted by molar-refractivity contribution is -0.133. The number of carbonyl (C=O) groups excluding carboxylic acids is 2. The van der Waals surface area contributed by atoms with E-state index in [1.54, 1.807) is 31.2 Å². The molecule has 0 unspecified atom stereocenters. The van der Waals surface area contributed by atoms with Gasteiger partial charge >= 0.3 is 11.9 Å². The van der Waals surface area contributed by atoms with Gasteiger partial charge in [0.1, 0.15) is 0 Å². The fourth-order valence-electron chi connectivity index (χ4n) is 2.87. The molecule has 0 saturated carbocycles. The Hall–Kier alpha value is -5.12. The van der Waals surface area contributed by atoms with Crippen LogP contribution < -0.4 is 10.6 Å². The summed E-state index contributed by atoms with van der Waals surface area (Å²) < 4.78 is 0. The molecule has 4 N–H and O–H groups in total. The number of carboxylic acids is 2. The van der Waals surface area contributed by atoms with Crippen molar-refractivity contribution < 1.29 is 29.4 Å². The first-order chi connectivity index (χ1) is 17.8. The summed E-state index contributed by atoms with van der Waals surface area (Å²) in [6, 6.07) is 9.53.